The van der Waals surface area contributed by atoms with Crippen molar-refractivity contribution in [3.8, 4) is 0 Å². The van der Waals surface area contributed by atoms with Gasteiger partial charge >= 0.3 is 6.09 Å². The lowest BCUT2D eigenvalue weighted by Crippen LogP contribution is -2.81. The van der Waals surface area contributed by atoms with Gasteiger partial charge in [0.2, 0.25) is 0 Å². The molecule has 0 aromatic carbocycles. The minimum absolute atomic E-state index is 0.394. The number of carbonyl (C=O) groups excluding carboxylic acids is 1. The Balaban J connectivity index is 2.99. The Morgan fingerprint density at radius 3 is 2.50 bits per heavy atom. The van der Waals surface area contributed by atoms with Gasteiger partial charge in [-0.15, -0.1) is 7.05 Å². The third kappa shape index (κ3) is 1.72. The summed E-state index contributed by atoms with van der Waals surface area (Å²) >= 11 is 0. The third-order valence-electron chi connectivity index (χ3n) is 0.368. The van der Waals surface area contributed by atoms with Gasteiger partial charge in [0.05, 0.1) is 7.11 Å². The molecule has 0 spiro atoms. The molecule has 36 valence electrons. The first kappa shape index (κ1) is 5.43. The number of quaternary nitrogens is 1. The van der Waals surface area contributed by atoms with Crippen molar-refractivity contribution in [2.45, 2.75) is 0 Å². The summed E-state index contributed by atoms with van der Waals surface area (Å²) in [6, 6.07) is 0. The first-order valence-corrected chi connectivity index (χ1v) is 1.51. The predicted molar refractivity (Wildman–Crippen MR) is 19.7 cm³/mol. The van der Waals surface area contributed by atoms with Gasteiger partial charge in [0.25, 0.3) is 0 Å². The van der Waals surface area contributed by atoms with Crippen molar-refractivity contribution < 1.29 is 14.8 Å². The lowest BCUT2D eigenvalue weighted by molar-refractivity contribution is -0.506. The Morgan fingerprint density at radius 2 is 2.50 bits per heavy atom. The van der Waals surface area contributed by atoms with Crippen LogP contribution in [0.1, 0.15) is 0 Å². The molecule has 0 aromatic heterocycles. The summed E-state index contributed by atoms with van der Waals surface area (Å²) in [5.74, 6) is 0. The summed E-state index contributed by atoms with van der Waals surface area (Å²) in [6.45, 7) is 0. The molecule has 0 aliphatic rings. The molecule has 6 heavy (non-hydrogen) atoms. The Morgan fingerprint density at radius 1 is 2.00 bits per heavy atom. The van der Waals surface area contributed by atoms with E-state index in [4.69, 9.17) is 0 Å². The molecule has 0 saturated carbocycles. The van der Waals surface area contributed by atoms with Gasteiger partial charge in [-0.2, -0.15) is 4.79 Å². The Hall–Kier alpha value is -0.570. The summed E-state index contributed by atoms with van der Waals surface area (Å²) in [4.78, 5) is 9.84. The van der Waals surface area contributed by atoms with E-state index in [9.17, 15) is 4.79 Å². The van der Waals surface area contributed by atoms with Crippen molar-refractivity contribution in [1.29, 1.82) is 0 Å². The van der Waals surface area contributed by atoms with E-state index in [1.165, 1.54) is 7.11 Å². The van der Waals surface area contributed by atoms with Gasteiger partial charge in [-0.05, 0) is 0 Å². The van der Waals surface area contributed by atoms with Crippen molar-refractivity contribution in [3.05, 3.63) is 7.05 Å². The van der Waals surface area contributed by atoms with E-state index >= 15 is 0 Å². The molecule has 0 heterocycles. The molecule has 0 aromatic rings. The Labute approximate surface area is 36.3 Å². The molecule has 3 heteroatoms. The molecule has 0 aliphatic carbocycles. The maximum atomic E-state index is 9.84. The van der Waals surface area contributed by atoms with Crippen molar-refractivity contribution >= 4 is 6.09 Å². The molecule has 0 saturated heterocycles. The molecular weight excluding hydrogens is 82.0 g/mol. The zero-order valence-corrected chi connectivity index (χ0v) is 3.60. The van der Waals surface area contributed by atoms with Crippen LogP contribution in [-0.2, 0) is 4.74 Å². The van der Waals surface area contributed by atoms with E-state index < -0.39 is 6.09 Å². The highest BCUT2D eigenvalue weighted by Gasteiger charge is 1.88. The zero-order chi connectivity index (χ0) is 4.99. The number of rotatable bonds is 0. The van der Waals surface area contributed by atoms with E-state index in [-0.39, 0.29) is 0 Å². The van der Waals surface area contributed by atoms with Gasteiger partial charge in [0.1, 0.15) is 0 Å². The Bertz CT molecular complexity index is 46.8. The second-order valence-corrected chi connectivity index (χ2v) is 0.727. The summed E-state index contributed by atoms with van der Waals surface area (Å²) in [7, 11) is 4.47. The minimum Gasteiger partial charge on any atom is -0.425 e. The van der Waals surface area contributed by atoms with E-state index in [1.807, 2.05) is 0 Å². The standard InChI is InChI=1S/C3H7NO2/c1-4-3(5)6-2/h1,4H2,2H3. The molecule has 1 amide bonds. The average Bonchev–Trinajstić information content (AvgIpc) is 1.65. The van der Waals surface area contributed by atoms with Crippen molar-refractivity contribution in [2.24, 2.45) is 0 Å². The number of hydrogen-bond acceptors (Lipinski definition) is 2. The summed E-state index contributed by atoms with van der Waals surface area (Å²) in [6.07, 6.45) is -0.394. The number of methoxy groups -OCH3 is 1. The second kappa shape index (κ2) is 2.66. The monoisotopic (exact) mass is 89.0 g/mol. The minimum atomic E-state index is -0.394. The van der Waals surface area contributed by atoms with E-state index in [1.54, 1.807) is 0 Å². The lowest BCUT2D eigenvalue weighted by Gasteiger charge is -1.90. The molecule has 3 nitrogen and oxygen atoms in total. The first-order chi connectivity index (χ1) is 2.81. The van der Waals surface area contributed by atoms with Crippen molar-refractivity contribution in [2.75, 3.05) is 7.11 Å². The quantitative estimate of drug-likeness (QED) is 0.391. The maximum absolute atomic E-state index is 9.84. The lowest BCUT2D eigenvalue weighted by atomic mass is 11.1. The molecule has 0 radical (unpaired) electrons. The number of hydrogen-bond donors (Lipinski definition) is 1. The number of ether oxygens (including phenoxy) is 1. The first-order valence-electron chi connectivity index (χ1n) is 1.51. The van der Waals surface area contributed by atoms with Gasteiger partial charge in [-0.25, -0.2) is 0 Å². The van der Waals surface area contributed by atoms with Crippen LogP contribution in [0.2, 0.25) is 0 Å². The average molecular weight is 89.1 g/mol. The fourth-order valence-electron chi connectivity index (χ4n) is 0.0833. The van der Waals surface area contributed by atoms with Crippen LogP contribution in [-0.4, -0.2) is 13.2 Å². The molecule has 0 atom stereocenters. The van der Waals surface area contributed by atoms with Crippen LogP contribution in [0.25, 0.3) is 0 Å². The van der Waals surface area contributed by atoms with Crippen LogP contribution in [0, 0.1) is 7.05 Å². The molecule has 0 rings (SSSR count). The fraction of sp³-hybridized carbons (Fsp3) is 0.333. The molecule has 0 unspecified atom stereocenters. The van der Waals surface area contributed by atoms with Crippen LogP contribution in [0.5, 0.6) is 0 Å². The maximum Gasteiger partial charge on any atom is 0.485 e. The van der Waals surface area contributed by atoms with Crippen molar-refractivity contribution in [1.82, 2.24) is 0 Å². The second-order valence-electron chi connectivity index (χ2n) is 0.727. The van der Waals surface area contributed by atoms with Gasteiger partial charge in [0.15, 0.2) is 0 Å². The van der Waals surface area contributed by atoms with Gasteiger partial charge in [0, 0.05) is 0 Å². The molecule has 0 bridgehead atoms. The van der Waals surface area contributed by atoms with E-state index in [0.717, 1.165) is 5.32 Å². The SMILES string of the molecule is [CH2-][NH2+]C(=O)OC. The summed E-state index contributed by atoms with van der Waals surface area (Å²) < 4.78 is 4.14. The zero-order valence-electron chi connectivity index (χ0n) is 3.60. The molecule has 0 aliphatic heterocycles. The van der Waals surface area contributed by atoms with Crippen LogP contribution in [0.15, 0.2) is 0 Å². The van der Waals surface area contributed by atoms with Crippen molar-refractivity contribution in [3.63, 3.8) is 0 Å². The fourth-order valence-corrected chi connectivity index (χ4v) is 0.0833. The highest BCUT2D eigenvalue weighted by molar-refractivity contribution is 5.54. The van der Waals surface area contributed by atoms with Crippen LogP contribution < -0.4 is 5.32 Å². The highest BCUT2D eigenvalue weighted by Crippen LogP contribution is 1.53. The molecular formula is C3H7NO2. The summed E-state index contributed by atoms with van der Waals surface area (Å²) in [5, 5.41) is 1.11. The highest BCUT2D eigenvalue weighted by atomic mass is 16.5. The van der Waals surface area contributed by atoms with E-state index in [2.05, 4.69) is 11.8 Å². The number of nitrogens with two attached hydrogens (primary N) is 1. The van der Waals surface area contributed by atoms with Gasteiger partial charge in [-0.1, -0.05) is 0 Å². The van der Waals surface area contributed by atoms with Crippen LogP contribution in [0.4, 0.5) is 4.79 Å². The summed E-state index contributed by atoms with van der Waals surface area (Å²) in [5.41, 5.74) is 0. The molecule has 2 N–H and O–H groups in total. The van der Waals surface area contributed by atoms with Gasteiger partial charge in [-0.3, -0.25) is 0 Å². The topological polar surface area (TPSA) is 42.9 Å². The number of amides is 1. The smallest absolute Gasteiger partial charge is 0.425 e. The number of carbonyl (C=O) groups is 1. The molecule has 0 fully saturated rings. The van der Waals surface area contributed by atoms with Crippen LogP contribution >= 0.6 is 0 Å². The van der Waals surface area contributed by atoms with Gasteiger partial charge < -0.3 is 10.1 Å². The normalized spacial score (nSPS) is 7.67. The largest absolute Gasteiger partial charge is 0.485 e. The third-order valence-corrected chi connectivity index (χ3v) is 0.368. The van der Waals surface area contributed by atoms with Crippen LogP contribution in [0.3, 0.4) is 0 Å². The van der Waals surface area contributed by atoms with E-state index in [0.29, 0.717) is 0 Å². The predicted octanol–water partition coefficient (Wildman–Crippen LogP) is -0.892. The number of primary amides is 1. The Kier molecular flexibility index (Phi) is 2.40.